The standard InChI is InChI=1S/C17H16ClNO4S/c18-11-2-4-12(5-3-11)24(20,21)17-13(8-19)16(17)10-1-6-14-15(7-10)23-9-22-14/h1-7,13,16-17H,8-9,19H2/t13-,16-,17+/m0/s1. The van der Waals surface area contributed by atoms with Gasteiger partial charge in [0.2, 0.25) is 6.79 Å². The lowest BCUT2D eigenvalue weighted by Gasteiger charge is -2.05. The lowest BCUT2D eigenvalue weighted by Crippen LogP contribution is -2.13. The average Bonchev–Trinajstić information content (AvgIpc) is 3.15. The van der Waals surface area contributed by atoms with Gasteiger partial charge in [0.05, 0.1) is 10.1 Å². The van der Waals surface area contributed by atoms with E-state index in [2.05, 4.69) is 0 Å². The van der Waals surface area contributed by atoms with Gasteiger partial charge in [0.25, 0.3) is 0 Å². The zero-order chi connectivity index (χ0) is 16.9. The van der Waals surface area contributed by atoms with Crippen molar-refractivity contribution in [3.05, 3.63) is 53.1 Å². The largest absolute Gasteiger partial charge is 0.454 e. The number of ether oxygens (including phenoxy) is 2. The van der Waals surface area contributed by atoms with E-state index >= 15 is 0 Å². The maximum atomic E-state index is 12.9. The van der Waals surface area contributed by atoms with Crippen molar-refractivity contribution in [2.45, 2.75) is 16.1 Å². The Kier molecular flexibility index (Phi) is 3.71. The molecule has 2 aromatic rings. The van der Waals surface area contributed by atoms with Crippen LogP contribution in [0.2, 0.25) is 5.02 Å². The molecule has 0 amide bonds. The molecule has 3 atom stereocenters. The van der Waals surface area contributed by atoms with Gasteiger partial charge in [-0.25, -0.2) is 8.42 Å². The predicted molar refractivity (Wildman–Crippen MR) is 90.3 cm³/mol. The van der Waals surface area contributed by atoms with Gasteiger partial charge in [-0.3, -0.25) is 0 Å². The molecule has 1 heterocycles. The molecule has 2 aromatic carbocycles. The third kappa shape index (κ3) is 2.46. The van der Waals surface area contributed by atoms with Crippen LogP contribution >= 0.6 is 11.6 Å². The number of halogens is 1. The van der Waals surface area contributed by atoms with Gasteiger partial charge < -0.3 is 15.2 Å². The number of sulfone groups is 1. The molecule has 0 radical (unpaired) electrons. The van der Waals surface area contributed by atoms with Gasteiger partial charge >= 0.3 is 0 Å². The fourth-order valence-electron chi connectivity index (χ4n) is 3.38. The van der Waals surface area contributed by atoms with Crippen molar-refractivity contribution in [2.24, 2.45) is 11.7 Å². The molecule has 5 nitrogen and oxygen atoms in total. The van der Waals surface area contributed by atoms with Crippen molar-refractivity contribution < 1.29 is 17.9 Å². The smallest absolute Gasteiger partial charge is 0.231 e. The van der Waals surface area contributed by atoms with Crippen LogP contribution in [0.1, 0.15) is 11.5 Å². The van der Waals surface area contributed by atoms with Gasteiger partial charge in [-0.15, -0.1) is 0 Å². The predicted octanol–water partition coefficient (Wildman–Crippen LogP) is 2.58. The van der Waals surface area contributed by atoms with Gasteiger partial charge in [0.15, 0.2) is 21.3 Å². The highest BCUT2D eigenvalue weighted by atomic mass is 35.5. The van der Waals surface area contributed by atoms with Crippen molar-refractivity contribution in [1.29, 1.82) is 0 Å². The molecule has 1 aliphatic carbocycles. The van der Waals surface area contributed by atoms with Gasteiger partial charge in [-0.1, -0.05) is 17.7 Å². The summed E-state index contributed by atoms with van der Waals surface area (Å²) in [6.45, 7) is 0.507. The van der Waals surface area contributed by atoms with Crippen molar-refractivity contribution >= 4 is 21.4 Å². The summed E-state index contributed by atoms with van der Waals surface area (Å²) in [4.78, 5) is 0.276. The van der Waals surface area contributed by atoms with Crippen molar-refractivity contribution in [3.63, 3.8) is 0 Å². The Morgan fingerprint density at radius 1 is 1.08 bits per heavy atom. The summed E-state index contributed by atoms with van der Waals surface area (Å²) in [5.74, 6) is 1.09. The third-order valence-corrected chi connectivity index (χ3v) is 7.19. The topological polar surface area (TPSA) is 78.6 Å². The van der Waals surface area contributed by atoms with Crippen molar-refractivity contribution in [1.82, 2.24) is 0 Å². The Morgan fingerprint density at radius 2 is 1.79 bits per heavy atom. The number of hydrogen-bond donors (Lipinski definition) is 1. The SMILES string of the molecule is NC[C@H]1[C@H](c2ccc3c(c2)OCO3)[C@@H]1S(=O)(=O)c1ccc(Cl)cc1. The van der Waals surface area contributed by atoms with E-state index in [9.17, 15) is 8.42 Å². The first-order valence-corrected chi connectivity index (χ1v) is 9.54. The first-order chi connectivity index (χ1) is 11.5. The molecule has 4 rings (SSSR count). The zero-order valence-electron chi connectivity index (χ0n) is 12.7. The Balaban J connectivity index is 1.67. The molecule has 0 spiro atoms. The second-order valence-corrected chi connectivity index (χ2v) is 8.54. The van der Waals surface area contributed by atoms with Gasteiger partial charge in [0.1, 0.15) is 0 Å². The number of benzene rings is 2. The van der Waals surface area contributed by atoms with E-state index < -0.39 is 15.1 Å². The van der Waals surface area contributed by atoms with Gasteiger partial charge in [-0.05, 0) is 54.4 Å². The van der Waals surface area contributed by atoms with E-state index in [1.807, 2.05) is 18.2 Å². The maximum Gasteiger partial charge on any atom is 0.231 e. The monoisotopic (exact) mass is 365 g/mol. The summed E-state index contributed by atoms with van der Waals surface area (Å²) >= 11 is 5.85. The van der Waals surface area contributed by atoms with Crippen LogP contribution < -0.4 is 15.2 Å². The van der Waals surface area contributed by atoms with E-state index in [0.29, 0.717) is 23.1 Å². The molecule has 0 unspecified atom stereocenters. The van der Waals surface area contributed by atoms with Gasteiger partial charge in [-0.2, -0.15) is 0 Å². The fourth-order valence-corrected chi connectivity index (χ4v) is 5.74. The lowest BCUT2D eigenvalue weighted by molar-refractivity contribution is 0.174. The number of hydrogen-bond acceptors (Lipinski definition) is 5. The molecule has 126 valence electrons. The Hall–Kier alpha value is -1.76. The molecular weight excluding hydrogens is 350 g/mol. The molecule has 0 bridgehead atoms. The summed E-state index contributed by atoms with van der Waals surface area (Å²) in [6, 6.07) is 11.8. The Labute approximate surface area is 145 Å². The first kappa shape index (κ1) is 15.7. The van der Waals surface area contributed by atoms with Crippen LogP contribution in [0.4, 0.5) is 0 Å². The first-order valence-electron chi connectivity index (χ1n) is 7.61. The summed E-state index contributed by atoms with van der Waals surface area (Å²) < 4.78 is 36.6. The maximum absolute atomic E-state index is 12.9. The Bertz CT molecular complexity index is 882. The van der Waals surface area contributed by atoms with Crippen LogP contribution in [0.3, 0.4) is 0 Å². The van der Waals surface area contributed by atoms with Crippen LogP contribution in [0.15, 0.2) is 47.4 Å². The molecule has 2 N–H and O–H groups in total. The molecule has 1 aliphatic heterocycles. The van der Waals surface area contributed by atoms with E-state index in [1.54, 1.807) is 24.3 Å². The van der Waals surface area contributed by atoms with Crippen molar-refractivity contribution in [2.75, 3.05) is 13.3 Å². The van der Waals surface area contributed by atoms with E-state index in [1.165, 1.54) is 0 Å². The molecular formula is C17H16ClNO4S. The lowest BCUT2D eigenvalue weighted by atomic mass is 10.1. The highest BCUT2D eigenvalue weighted by Gasteiger charge is 2.58. The minimum atomic E-state index is -3.47. The normalized spacial score (nSPS) is 24.8. The van der Waals surface area contributed by atoms with Crippen molar-refractivity contribution in [3.8, 4) is 11.5 Å². The summed E-state index contributed by atoms with van der Waals surface area (Å²) in [5, 5.41) is -0.0171. The highest BCUT2D eigenvalue weighted by molar-refractivity contribution is 7.92. The highest BCUT2D eigenvalue weighted by Crippen LogP contribution is 2.54. The van der Waals surface area contributed by atoms with Crippen LogP contribution in [0, 0.1) is 5.92 Å². The second kappa shape index (κ2) is 5.65. The number of fused-ring (bicyclic) bond motifs is 1. The summed E-state index contributed by atoms with van der Waals surface area (Å²) in [7, 11) is -3.47. The molecule has 1 saturated carbocycles. The average molecular weight is 366 g/mol. The molecule has 7 heteroatoms. The molecule has 0 saturated heterocycles. The van der Waals surface area contributed by atoms with Crippen LogP contribution in [0.5, 0.6) is 11.5 Å². The van der Waals surface area contributed by atoms with E-state index in [0.717, 1.165) is 5.56 Å². The quantitative estimate of drug-likeness (QED) is 0.900. The van der Waals surface area contributed by atoms with E-state index in [-0.39, 0.29) is 23.5 Å². The fraction of sp³-hybridized carbons (Fsp3) is 0.294. The molecule has 24 heavy (non-hydrogen) atoms. The Morgan fingerprint density at radius 3 is 2.50 bits per heavy atom. The third-order valence-electron chi connectivity index (χ3n) is 4.65. The minimum Gasteiger partial charge on any atom is -0.454 e. The molecule has 1 fully saturated rings. The van der Waals surface area contributed by atoms with Crippen LogP contribution in [-0.4, -0.2) is 27.0 Å². The van der Waals surface area contributed by atoms with Gasteiger partial charge in [0, 0.05) is 10.9 Å². The summed E-state index contributed by atoms with van der Waals surface area (Å²) in [5.41, 5.74) is 6.74. The minimum absolute atomic E-state index is 0.106. The summed E-state index contributed by atoms with van der Waals surface area (Å²) in [6.07, 6.45) is 0. The molecule has 2 aliphatic rings. The second-order valence-electron chi connectivity index (χ2n) is 6.00. The molecule has 0 aromatic heterocycles. The van der Waals surface area contributed by atoms with Crippen LogP contribution in [0.25, 0.3) is 0 Å². The van der Waals surface area contributed by atoms with E-state index in [4.69, 9.17) is 26.8 Å². The number of rotatable bonds is 4. The van der Waals surface area contributed by atoms with Crippen LogP contribution in [-0.2, 0) is 9.84 Å². The number of nitrogens with two attached hydrogens (primary N) is 1. The zero-order valence-corrected chi connectivity index (χ0v) is 14.3.